The molecule has 3 rings (SSSR count). The number of nitrogens with zero attached hydrogens (tertiary/aromatic N) is 3. The average Bonchev–Trinajstić information content (AvgIpc) is 3.18. The van der Waals surface area contributed by atoms with E-state index in [-0.39, 0.29) is 18.0 Å². The van der Waals surface area contributed by atoms with Crippen LogP contribution in [0.15, 0.2) is 12.1 Å². The zero-order valence-electron chi connectivity index (χ0n) is 11.3. The van der Waals surface area contributed by atoms with Crippen LogP contribution in [-0.4, -0.2) is 46.2 Å². The van der Waals surface area contributed by atoms with Crippen LogP contribution in [0.25, 0.3) is 0 Å². The van der Waals surface area contributed by atoms with Crippen molar-refractivity contribution in [1.82, 2.24) is 20.4 Å². The van der Waals surface area contributed by atoms with Gasteiger partial charge in [0.2, 0.25) is 5.91 Å². The number of urea groups is 1. The van der Waals surface area contributed by atoms with Crippen LogP contribution >= 0.6 is 0 Å². The minimum absolute atomic E-state index is 0.0117. The van der Waals surface area contributed by atoms with E-state index in [2.05, 4.69) is 20.8 Å². The second-order valence-corrected chi connectivity index (χ2v) is 5.34. The van der Waals surface area contributed by atoms with Crippen molar-refractivity contribution in [3.8, 4) is 0 Å². The van der Waals surface area contributed by atoms with Gasteiger partial charge in [-0.2, -0.15) is 5.10 Å². The minimum atomic E-state index is -0.313. The average molecular weight is 275 g/mol. The summed E-state index contributed by atoms with van der Waals surface area (Å²) in [5, 5.41) is 13.5. The zero-order chi connectivity index (χ0) is 14.1. The number of likely N-dealkylation sites (tertiary alicyclic amines) is 1. The van der Waals surface area contributed by atoms with E-state index in [0.29, 0.717) is 24.8 Å². The highest BCUT2D eigenvalue weighted by Gasteiger charge is 2.29. The van der Waals surface area contributed by atoms with E-state index in [9.17, 15) is 9.59 Å². The van der Waals surface area contributed by atoms with Crippen LogP contribution in [0, 0.1) is 0 Å². The molecule has 0 atom stereocenters. The summed E-state index contributed by atoms with van der Waals surface area (Å²) in [6.07, 6.45) is 2.35. The van der Waals surface area contributed by atoms with Crippen LogP contribution in [0.3, 0.4) is 0 Å². The van der Waals surface area contributed by atoms with E-state index in [0.717, 1.165) is 5.69 Å². The Morgan fingerprint density at radius 3 is 2.55 bits per heavy atom. The lowest BCUT2D eigenvalue weighted by Crippen LogP contribution is -2.61. The van der Waals surface area contributed by atoms with Crippen LogP contribution in [0.2, 0.25) is 0 Å². The molecule has 1 aliphatic carbocycles. The van der Waals surface area contributed by atoms with Crippen LogP contribution in [0.5, 0.6) is 0 Å². The van der Waals surface area contributed by atoms with E-state index in [4.69, 9.17) is 0 Å². The number of nitrogens with one attached hydrogen (secondary N) is 2. The van der Waals surface area contributed by atoms with E-state index < -0.39 is 0 Å². The van der Waals surface area contributed by atoms with E-state index in [1.165, 1.54) is 19.8 Å². The van der Waals surface area contributed by atoms with Crippen molar-refractivity contribution in [2.24, 2.45) is 0 Å². The third-order valence-corrected chi connectivity index (χ3v) is 3.58. The second kappa shape index (κ2) is 5.07. The van der Waals surface area contributed by atoms with Crippen molar-refractivity contribution in [3.63, 3.8) is 0 Å². The molecule has 2 N–H and O–H groups in total. The fourth-order valence-electron chi connectivity index (χ4n) is 2.17. The van der Waals surface area contributed by atoms with Crippen LogP contribution < -0.4 is 10.6 Å². The molecular weight excluding hydrogens is 258 g/mol. The Morgan fingerprint density at radius 2 is 2.00 bits per heavy atom. The Kier molecular flexibility index (Phi) is 3.25. The van der Waals surface area contributed by atoms with Gasteiger partial charge in [-0.25, -0.2) is 4.79 Å². The molecule has 0 aromatic carbocycles. The Balaban J connectivity index is 1.45. The van der Waals surface area contributed by atoms with Crippen molar-refractivity contribution in [3.05, 3.63) is 17.8 Å². The molecule has 7 nitrogen and oxygen atoms in total. The number of anilines is 1. The molecule has 2 aliphatic rings. The molecule has 1 saturated carbocycles. The summed E-state index contributed by atoms with van der Waals surface area (Å²) in [5.74, 6) is 1.03. The van der Waals surface area contributed by atoms with Gasteiger partial charge in [-0.1, -0.05) is 0 Å². The summed E-state index contributed by atoms with van der Waals surface area (Å²) in [6, 6.07) is 3.37. The number of amides is 3. The molecule has 1 aromatic rings. The van der Waals surface area contributed by atoms with Gasteiger partial charge in [-0.15, -0.1) is 5.10 Å². The Labute approximate surface area is 116 Å². The maximum Gasteiger partial charge on any atom is 0.320 e. The van der Waals surface area contributed by atoms with E-state index in [1.807, 2.05) is 6.07 Å². The van der Waals surface area contributed by atoms with Gasteiger partial charge in [0.05, 0.1) is 11.7 Å². The van der Waals surface area contributed by atoms with E-state index in [1.54, 1.807) is 11.0 Å². The summed E-state index contributed by atoms with van der Waals surface area (Å²) in [6.45, 7) is 2.65. The molecule has 0 bridgehead atoms. The van der Waals surface area contributed by atoms with Gasteiger partial charge in [-0.05, 0) is 25.0 Å². The summed E-state index contributed by atoms with van der Waals surface area (Å²) in [7, 11) is 0. The topological polar surface area (TPSA) is 87.2 Å². The molecule has 1 aromatic heterocycles. The Hall–Kier alpha value is -2.18. The fourth-order valence-corrected chi connectivity index (χ4v) is 2.17. The molecule has 0 unspecified atom stereocenters. The van der Waals surface area contributed by atoms with Crippen LogP contribution in [0.4, 0.5) is 10.6 Å². The van der Waals surface area contributed by atoms with Gasteiger partial charge >= 0.3 is 6.03 Å². The smallest absolute Gasteiger partial charge is 0.320 e. The number of carbonyl (C=O) groups excluding carboxylic acids is 2. The van der Waals surface area contributed by atoms with Crippen molar-refractivity contribution < 1.29 is 9.59 Å². The normalized spacial score (nSPS) is 18.4. The molecule has 106 valence electrons. The molecule has 1 aliphatic heterocycles. The monoisotopic (exact) mass is 275 g/mol. The van der Waals surface area contributed by atoms with Gasteiger partial charge in [0, 0.05) is 25.9 Å². The standard InChI is InChI=1S/C13H17N5O2/c1-8(19)18-6-10(7-18)14-13(20)15-12-5-4-11(16-17-12)9-2-3-9/h4-5,9-10H,2-3,6-7H2,1H3,(H2,14,15,17,20). The number of carbonyl (C=O) groups is 2. The lowest BCUT2D eigenvalue weighted by molar-refractivity contribution is -0.133. The van der Waals surface area contributed by atoms with Crippen molar-refractivity contribution in [2.75, 3.05) is 18.4 Å². The summed E-state index contributed by atoms with van der Waals surface area (Å²) < 4.78 is 0. The molecule has 2 fully saturated rings. The van der Waals surface area contributed by atoms with Gasteiger partial charge in [0.25, 0.3) is 0 Å². The maximum atomic E-state index is 11.7. The first-order chi connectivity index (χ1) is 9.61. The van der Waals surface area contributed by atoms with Crippen LogP contribution in [-0.2, 0) is 4.79 Å². The highest BCUT2D eigenvalue weighted by atomic mass is 16.2. The number of hydrogen-bond acceptors (Lipinski definition) is 4. The highest BCUT2D eigenvalue weighted by Crippen LogP contribution is 2.38. The predicted octanol–water partition coefficient (Wildman–Crippen LogP) is 0.706. The van der Waals surface area contributed by atoms with Crippen molar-refractivity contribution in [2.45, 2.75) is 31.7 Å². The molecule has 0 radical (unpaired) electrons. The fraction of sp³-hybridized carbons (Fsp3) is 0.538. The molecular formula is C13H17N5O2. The first-order valence-corrected chi connectivity index (χ1v) is 6.78. The summed E-state index contributed by atoms with van der Waals surface area (Å²) >= 11 is 0. The number of hydrogen-bond donors (Lipinski definition) is 2. The molecule has 3 amide bonds. The number of rotatable bonds is 3. The van der Waals surface area contributed by atoms with Crippen molar-refractivity contribution in [1.29, 1.82) is 0 Å². The van der Waals surface area contributed by atoms with Gasteiger partial charge in [-0.3, -0.25) is 10.1 Å². The second-order valence-electron chi connectivity index (χ2n) is 5.34. The third kappa shape index (κ3) is 2.87. The molecule has 0 spiro atoms. The zero-order valence-corrected chi connectivity index (χ0v) is 11.3. The van der Waals surface area contributed by atoms with E-state index >= 15 is 0 Å². The first kappa shape index (κ1) is 12.8. The molecule has 7 heteroatoms. The largest absolute Gasteiger partial charge is 0.339 e. The molecule has 20 heavy (non-hydrogen) atoms. The summed E-state index contributed by atoms with van der Waals surface area (Å²) in [5.41, 5.74) is 0.993. The highest BCUT2D eigenvalue weighted by molar-refractivity contribution is 5.88. The number of aromatic nitrogens is 2. The molecule has 2 heterocycles. The van der Waals surface area contributed by atoms with Gasteiger partial charge < -0.3 is 10.2 Å². The van der Waals surface area contributed by atoms with Crippen LogP contribution in [0.1, 0.15) is 31.4 Å². The SMILES string of the molecule is CC(=O)N1CC(NC(=O)Nc2ccc(C3CC3)nn2)C1. The summed E-state index contributed by atoms with van der Waals surface area (Å²) in [4.78, 5) is 24.4. The minimum Gasteiger partial charge on any atom is -0.339 e. The lowest BCUT2D eigenvalue weighted by Gasteiger charge is -2.38. The van der Waals surface area contributed by atoms with Gasteiger partial charge in [0.15, 0.2) is 5.82 Å². The van der Waals surface area contributed by atoms with Crippen molar-refractivity contribution >= 4 is 17.8 Å². The Morgan fingerprint density at radius 1 is 1.25 bits per heavy atom. The lowest BCUT2D eigenvalue weighted by atomic mass is 10.1. The van der Waals surface area contributed by atoms with Gasteiger partial charge in [0.1, 0.15) is 0 Å². The Bertz CT molecular complexity index is 520. The predicted molar refractivity (Wildman–Crippen MR) is 72.2 cm³/mol. The third-order valence-electron chi connectivity index (χ3n) is 3.58. The molecule has 1 saturated heterocycles. The maximum absolute atomic E-state index is 11.7. The quantitative estimate of drug-likeness (QED) is 0.850. The first-order valence-electron chi connectivity index (χ1n) is 6.78.